The van der Waals surface area contributed by atoms with Crippen molar-refractivity contribution < 1.29 is 40.4 Å². The Morgan fingerprint density at radius 3 is 2.39 bits per heavy atom. The second-order valence-corrected chi connectivity index (χ2v) is 6.76. The van der Waals surface area contributed by atoms with Gasteiger partial charge in [0.1, 0.15) is 0 Å². The van der Waals surface area contributed by atoms with Crippen molar-refractivity contribution >= 4 is 28.0 Å². The highest BCUT2D eigenvalue weighted by Gasteiger charge is 2.21. The summed E-state index contributed by atoms with van der Waals surface area (Å²) in [6, 6.07) is 5.04. The molecule has 2 aromatic rings. The number of aromatic nitrogens is 2. The van der Waals surface area contributed by atoms with Gasteiger partial charge in [-0.15, -0.1) is 0 Å². The van der Waals surface area contributed by atoms with E-state index in [1.54, 1.807) is 4.72 Å². The van der Waals surface area contributed by atoms with Crippen LogP contribution in [0.25, 0.3) is 0 Å². The Labute approximate surface area is 169 Å². The number of hydrogen-bond acceptors (Lipinski definition) is 9. The fraction of sp³-hybridized carbons (Fsp3) is 0.250. The van der Waals surface area contributed by atoms with Gasteiger partial charge >= 0.3 is 12.0 Å². The van der Waals surface area contributed by atoms with Crippen LogP contribution >= 0.6 is 0 Å². The number of carbonyl (C=O) groups is 2. The van der Waals surface area contributed by atoms with Crippen molar-refractivity contribution in [3.8, 4) is 11.8 Å². The monoisotopic (exact) mass is 416 g/mol. The number of rotatable bonds is 7. The van der Waals surface area contributed by atoms with E-state index in [0.29, 0.717) is 0 Å². The largest absolute Gasteiger partial charge is 0.481 e. The number of sulfonamides is 1. The van der Waals surface area contributed by atoms with Crippen molar-refractivity contribution in [1.82, 2.24) is 14.7 Å². The van der Waals surface area contributed by atoms with Crippen LogP contribution in [-0.2, 0) is 20.5 Å². The molecule has 0 saturated heterocycles. The quantitative estimate of drug-likeness (QED) is 0.629. The first-order chi connectivity index (χ1) is 15.6. The minimum Gasteiger partial charge on any atom is -0.481 e. The van der Waals surface area contributed by atoms with Crippen molar-refractivity contribution in [2.24, 2.45) is 0 Å². The normalized spacial score (nSPS) is 14.8. The van der Waals surface area contributed by atoms with Gasteiger partial charge in [0.05, 0.1) is 46.8 Å². The Hall–Kier alpha value is -3.41. The van der Waals surface area contributed by atoms with Crippen molar-refractivity contribution in [2.45, 2.75) is 5.75 Å². The molecular formula is C16H18N4O7S. The number of nitrogens with zero attached hydrogens (tertiary/aromatic N) is 2. The van der Waals surface area contributed by atoms with E-state index in [1.165, 1.54) is 24.3 Å². The van der Waals surface area contributed by atoms with Gasteiger partial charge in [-0.3, -0.25) is 5.32 Å². The Morgan fingerprint density at radius 1 is 1.14 bits per heavy atom. The van der Waals surface area contributed by atoms with Crippen LogP contribution in [0.3, 0.4) is 0 Å². The zero-order valence-electron chi connectivity index (χ0n) is 20.3. The van der Waals surface area contributed by atoms with E-state index < -0.39 is 59.6 Å². The molecule has 0 bridgehead atoms. The van der Waals surface area contributed by atoms with Gasteiger partial charge in [0.2, 0.25) is 27.7 Å². The van der Waals surface area contributed by atoms with E-state index >= 15 is 0 Å². The Bertz CT molecular complexity index is 1140. The van der Waals surface area contributed by atoms with Crippen LogP contribution < -0.4 is 19.5 Å². The summed E-state index contributed by atoms with van der Waals surface area (Å²) in [5.41, 5.74) is 0.0208. The lowest BCUT2D eigenvalue weighted by atomic mass is 10.1. The molecule has 0 aliphatic rings. The highest BCUT2D eigenvalue weighted by molar-refractivity contribution is 7.89. The zero-order chi connectivity index (χ0) is 25.7. The molecule has 0 radical (unpaired) electrons. The van der Waals surface area contributed by atoms with Gasteiger partial charge in [0, 0.05) is 0 Å². The first-order valence-electron chi connectivity index (χ1n) is 10.3. The van der Waals surface area contributed by atoms with Crippen molar-refractivity contribution in [1.29, 1.82) is 0 Å². The van der Waals surface area contributed by atoms with E-state index in [9.17, 15) is 18.0 Å². The van der Waals surface area contributed by atoms with Gasteiger partial charge in [0.15, 0.2) is 0 Å². The molecule has 0 fully saturated rings. The Balaban J connectivity index is 2.22. The first-order valence-corrected chi connectivity index (χ1v) is 8.97. The third-order valence-electron chi connectivity index (χ3n) is 3.13. The number of esters is 1. The number of anilines is 1. The smallest absolute Gasteiger partial charge is 0.338 e. The molecule has 1 aromatic heterocycles. The molecule has 11 nitrogen and oxygen atoms in total. The zero-order valence-corrected chi connectivity index (χ0v) is 15.1. The highest BCUT2D eigenvalue weighted by atomic mass is 32.2. The number of urea groups is 1. The average Bonchev–Trinajstić information content (AvgIpc) is 2.63. The van der Waals surface area contributed by atoms with Crippen LogP contribution in [0, 0.1) is 0 Å². The maximum Gasteiger partial charge on any atom is 0.338 e. The summed E-state index contributed by atoms with van der Waals surface area (Å²) >= 11 is 0. The summed E-state index contributed by atoms with van der Waals surface area (Å²) in [7, 11) is -9.21. The molecular weight excluding hydrogens is 392 g/mol. The summed E-state index contributed by atoms with van der Waals surface area (Å²) < 4.78 is 82.8. The number of benzene rings is 1. The summed E-state index contributed by atoms with van der Waals surface area (Å²) in [5, 5.41) is 1.91. The average molecular weight is 416 g/mol. The predicted octanol–water partition coefficient (Wildman–Crippen LogP) is 0.932. The fourth-order valence-corrected chi connectivity index (χ4v) is 3.10. The molecule has 0 unspecified atom stereocenters. The molecule has 2 N–H and O–H groups in total. The minimum absolute atomic E-state index is 0.0277. The Kier molecular flexibility index (Phi) is 4.40. The predicted molar refractivity (Wildman–Crippen MR) is 97.7 cm³/mol. The lowest BCUT2D eigenvalue weighted by molar-refractivity contribution is 0.0600. The standard InChI is InChI=1S/C16H18N4O7S/c1-25-12-8-13(26-2)18-15(17-12)19-16(22)20-28(23,24)9-10-6-4-5-7-11(10)14(21)27-3/h4-8H,9H2,1-3H3,(H2,17,18,19,20,22)/i1D3,2D3. The number of amides is 2. The van der Waals surface area contributed by atoms with Crippen molar-refractivity contribution in [3.05, 3.63) is 41.5 Å². The fourth-order valence-electron chi connectivity index (χ4n) is 2.03. The number of hydrogen-bond donors (Lipinski definition) is 2. The second kappa shape index (κ2) is 8.99. The van der Waals surface area contributed by atoms with Crippen LogP contribution in [0.2, 0.25) is 0 Å². The van der Waals surface area contributed by atoms with Crippen LogP contribution in [0.1, 0.15) is 24.1 Å². The maximum atomic E-state index is 12.4. The maximum absolute atomic E-state index is 12.4. The van der Waals surface area contributed by atoms with E-state index in [0.717, 1.165) is 13.2 Å². The van der Waals surface area contributed by atoms with Gasteiger partial charge in [-0.2, -0.15) is 9.97 Å². The minimum atomic E-state index is -4.36. The summed E-state index contributed by atoms with van der Waals surface area (Å²) in [5.74, 6) is -3.64. The first kappa shape index (κ1) is 13.7. The molecule has 0 saturated carbocycles. The summed E-state index contributed by atoms with van der Waals surface area (Å²) in [6.45, 7) is 0. The molecule has 150 valence electrons. The molecule has 1 heterocycles. The van der Waals surface area contributed by atoms with Crippen LogP contribution in [0.15, 0.2) is 30.3 Å². The van der Waals surface area contributed by atoms with Gasteiger partial charge < -0.3 is 14.2 Å². The molecule has 0 aliphatic carbocycles. The summed E-state index contributed by atoms with van der Waals surface area (Å²) in [6.07, 6.45) is 0. The van der Waals surface area contributed by atoms with Gasteiger partial charge in [-0.25, -0.2) is 22.7 Å². The second-order valence-electron chi connectivity index (χ2n) is 5.04. The lowest BCUT2D eigenvalue weighted by Crippen LogP contribution is -2.36. The Morgan fingerprint density at radius 2 is 1.79 bits per heavy atom. The third-order valence-corrected chi connectivity index (χ3v) is 4.32. The molecule has 12 heteroatoms. The van der Waals surface area contributed by atoms with Crippen LogP contribution in [-0.4, -0.2) is 51.6 Å². The van der Waals surface area contributed by atoms with Crippen molar-refractivity contribution in [3.63, 3.8) is 0 Å². The van der Waals surface area contributed by atoms with E-state index in [-0.39, 0.29) is 11.1 Å². The number of nitrogens with one attached hydrogen (secondary N) is 2. The number of ether oxygens (including phenoxy) is 3. The topological polar surface area (TPSA) is 146 Å². The van der Waals surface area contributed by atoms with Gasteiger partial charge in [-0.1, -0.05) is 18.2 Å². The molecule has 2 amide bonds. The highest BCUT2D eigenvalue weighted by Crippen LogP contribution is 2.17. The SMILES string of the molecule is [2H]C([2H])([2H])Oc1cc(OC([2H])([2H])[2H])nc(NC(=O)NS(=O)(=O)Cc2ccccc2C(=O)OC)n1. The van der Waals surface area contributed by atoms with E-state index in [2.05, 4.69) is 24.2 Å². The third kappa shape index (κ3) is 5.54. The number of carbonyl (C=O) groups excluding carboxylic acids is 2. The van der Waals surface area contributed by atoms with Crippen LogP contribution in [0.4, 0.5) is 10.7 Å². The molecule has 28 heavy (non-hydrogen) atoms. The molecule has 0 atom stereocenters. The van der Waals surface area contributed by atoms with E-state index in [1.807, 2.05) is 5.32 Å². The molecule has 2 rings (SSSR count). The molecule has 0 aliphatic heterocycles. The van der Waals surface area contributed by atoms with Crippen molar-refractivity contribution in [2.75, 3.05) is 26.5 Å². The summed E-state index contributed by atoms with van der Waals surface area (Å²) in [4.78, 5) is 31.2. The molecule has 1 aromatic carbocycles. The number of methoxy groups -OCH3 is 3. The molecule has 0 spiro atoms. The van der Waals surface area contributed by atoms with Gasteiger partial charge in [0.25, 0.3) is 0 Å². The van der Waals surface area contributed by atoms with E-state index in [4.69, 9.17) is 8.22 Å². The lowest BCUT2D eigenvalue weighted by Gasteiger charge is -2.11. The van der Waals surface area contributed by atoms with Crippen LogP contribution in [0.5, 0.6) is 11.8 Å². The van der Waals surface area contributed by atoms with Gasteiger partial charge in [-0.05, 0) is 11.6 Å².